The van der Waals surface area contributed by atoms with E-state index in [1.165, 1.54) is 20.4 Å². The first-order valence-electron chi connectivity index (χ1n) is 11.3. The number of ether oxygens (including phenoxy) is 2. The van der Waals surface area contributed by atoms with Crippen molar-refractivity contribution in [3.8, 4) is 23.1 Å². The number of rotatable bonds is 6. The summed E-state index contributed by atoms with van der Waals surface area (Å²) < 4.78 is 66.3. The number of pyridine rings is 1. The summed E-state index contributed by atoms with van der Waals surface area (Å²) in [5.74, 6) is -0.542. The lowest BCUT2D eigenvalue weighted by Crippen LogP contribution is -2.16. The van der Waals surface area contributed by atoms with Crippen LogP contribution in [0.5, 0.6) is 11.9 Å². The average molecular weight is 513 g/mol. The van der Waals surface area contributed by atoms with Gasteiger partial charge in [-0.1, -0.05) is 0 Å². The van der Waals surface area contributed by atoms with Gasteiger partial charge < -0.3 is 14.0 Å². The Labute approximate surface area is 206 Å². The van der Waals surface area contributed by atoms with Crippen LogP contribution in [0.3, 0.4) is 0 Å². The van der Waals surface area contributed by atoms with Gasteiger partial charge in [-0.05, 0) is 24.5 Å². The van der Waals surface area contributed by atoms with Crippen LogP contribution in [0.2, 0.25) is 0 Å². The summed E-state index contributed by atoms with van der Waals surface area (Å²) in [5.41, 5.74) is 3.39. The van der Waals surface area contributed by atoms with Gasteiger partial charge in [0, 0.05) is 48.2 Å². The van der Waals surface area contributed by atoms with Gasteiger partial charge in [0.05, 0.1) is 36.4 Å². The summed E-state index contributed by atoms with van der Waals surface area (Å²) in [7, 11) is 2.94. The van der Waals surface area contributed by atoms with Crippen LogP contribution in [0.25, 0.3) is 27.8 Å². The van der Waals surface area contributed by atoms with Crippen molar-refractivity contribution in [2.45, 2.75) is 31.0 Å². The third-order valence-electron chi connectivity index (χ3n) is 6.43. The Kier molecular flexibility index (Phi) is 5.24. The third-order valence-corrected chi connectivity index (χ3v) is 6.43. The van der Waals surface area contributed by atoms with E-state index in [9.17, 15) is 17.6 Å². The van der Waals surface area contributed by atoms with E-state index < -0.39 is 18.5 Å². The van der Waals surface area contributed by atoms with Gasteiger partial charge in [-0.2, -0.15) is 23.3 Å². The van der Waals surface area contributed by atoms with E-state index >= 15 is 0 Å². The Bertz CT molecular complexity index is 1650. The van der Waals surface area contributed by atoms with Crippen LogP contribution in [-0.2, 0) is 6.54 Å². The van der Waals surface area contributed by atoms with Crippen molar-refractivity contribution in [3.63, 3.8) is 0 Å². The second-order valence-corrected chi connectivity index (χ2v) is 8.76. The first-order valence-corrected chi connectivity index (χ1v) is 11.3. The number of hydrogen-bond donors (Lipinski definition) is 0. The second kappa shape index (κ2) is 8.39. The van der Waals surface area contributed by atoms with Crippen LogP contribution in [-0.4, -0.2) is 54.5 Å². The van der Waals surface area contributed by atoms with E-state index in [-0.39, 0.29) is 34.6 Å². The number of hydrogen-bond acceptors (Lipinski definition) is 7. The summed E-state index contributed by atoms with van der Waals surface area (Å²) >= 11 is 0. The molecule has 1 aliphatic rings. The van der Waals surface area contributed by atoms with Crippen LogP contribution < -0.4 is 9.47 Å². The number of imidazole rings is 1. The highest BCUT2D eigenvalue weighted by Crippen LogP contribution is 2.55. The summed E-state index contributed by atoms with van der Waals surface area (Å²) in [6, 6.07) is 3.57. The molecule has 5 heterocycles. The molecule has 2 atom stereocenters. The molecule has 0 spiro atoms. The lowest BCUT2D eigenvalue weighted by Gasteiger charge is -2.11. The molecule has 5 aromatic rings. The van der Waals surface area contributed by atoms with Gasteiger partial charge >= 0.3 is 12.2 Å². The van der Waals surface area contributed by atoms with Gasteiger partial charge in [0.25, 0.3) is 0 Å². The maximum atomic E-state index is 14.3. The van der Waals surface area contributed by atoms with Crippen molar-refractivity contribution < 1.29 is 27.0 Å². The first kappa shape index (κ1) is 23.1. The highest BCUT2D eigenvalue weighted by atomic mass is 19.4. The topological polar surface area (TPSA) is 92.3 Å². The van der Waals surface area contributed by atoms with Crippen molar-refractivity contribution in [2.24, 2.45) is 0 Å². The van der Waals surface area contributed by atoms with Crippen LogP contribution >= 0.6 is 0 Å². The molecule has 0 saturated heterocycles. The Morgan fingerprint density at radius 1 is 1.05 bits per heavy atom. The zero-order valence-electron chi connectivity index (χ0n) is 19.6. The molecule has 13 heteroatoms. The van der Waals surface area contributed by atoms with Gasteiger partial charge in [0.15, 0.2) is 5.65 Å². The molecular formula is C24H19F4N7O2. The standard InChI is InChI=1S/C24H19F4N7O2/c1-36-22-16(9-31-23(32-22)37-2)19-6-14(21-29-3-4-35(21)33-19)12-5-13(12)18-7-20-15(8-30-18)17(25)10-34(20)11-24(26,27)28/h3-4,6-10,12-13H,5,11H2,1-2H3/t12-,13-/m0/s1. The minimum Gasteiger partial charge on any atom is -0.480 e. The molecule has 6 rings (SSSR count). The van der Waals surface area contributed by atoms with Crippen molar-refractivity contribution in [1.29, 1.82) is 0 Å². The van der Waals surface area contributed by atoms with Gasteiger partial charge in [-0.25, -0.2) is 18.9 Å². The smallest absolute Gasteiger partial charge is 0.406 e. The maximum Gasteiger partial charge on any atom is 0.406 e. The lowest BCUT2D eigenvalue weighted by molar-refractivity contribution is -0.139. The third kappa shape index (κ3) is 4.09. The summed E-state index contributed by atoms with van der Waals surface area (Å²) in [5, 5.41) is 4.67. The first-order chi connectivity index (χ1) is 17.8. The van der Waals surface area contributed by atoms with Crippen molar-refractivity contribution in [2.75, 3.05) is 14.2 Å². The number of methoxy groups -OCH3 is 2. The van der Waals surface area contributed by atoms with Crippen molar-refractivity contribution in [1.82, 2.24) is 34.1 Å². The predicted molar refractivity (Wildman–Crippen MR) is 123 cm³/mol. The molecule has 1 fully saturated rings. The van der Waals surface area contributed by atoms with Crippen LogP contribution in [0.15, 0.2) is 43.1 Å². The molecule has 0 bridgehead atoms. The van der Waals surface area contributed by atoms with Crippen molar-refractivity contribution >= 4 is 16.6 Å². The number of fused-ring (bicyclic) bond motifs is 2. The van der Waals surface area contributed by atoms with E-state index in [1.807, 2.05) is 6.07 Å². The molecule has 0 radical (unpaired) electrons. The molecular weight excluding hydrogens is 494 g/mol. The molecule has 1 saturated carbocycles. The number of nitrogens with zero attached hydrogens (tertiary/aromatic N) is 7. The van der Waals surface area contributed by atoms with Gasteiger partial charge in [0.1, 0.15) is 12.4 Å². The fraction of sp³-hybridized carbons (Fsp3) is 0.292. The monoisotopic (exact) mass is 513 g/mol. The van der Waals surface area contributed by atoms with Gasteiger partial charge in [-0.15, -0.1) is 0 Å². The van der Waals surface area contributed by atoms with E-state index in [0.29, 0.717) is 29.0 Å². The Hall–Kier alpha value is -4.29. The minimum atomic E-state index is -4.48. The van der Waals surface area contributed by atoms with E-state index in [0.717, 1.165) is 16.3 Å². The SMILES string of the molecule is COc1ncc(-c2cc([C@H]3C[C@@H]3c3cc4c(cn3)c(F)cn4CC(F)(F)F)c3nccn3n2)c(OC)n1. The summed E-state index contributed by atoms with van der Waals surface area (Å²) in [4.78, 5) is 17.2. The molecule has 1 aliphatic carbocycles. The fourth-order valence-electron chi connectivity index (χ4n) is 4.68. The van der Waals surface area contributed by atoms with Crippen molar-refractivity contribution in [3.05, 3.63) is 60.2 Å². The number of halogens is 4. The number of aromatic nitrogens is 7. The predicted octanol–water partition coefficient (Wildman–Crippen LogP) is 4.53. The molecule has 190 valence electrons. The summed E-state index contributed by atoms with van der Waals surface area (Å²) in [6.45, 7) is -1.28. The molecule has 0 aromatic carbocycles. The van der Waals surface area contributed by atoms with Crippen LogP contribution in [0.4, 0.5) is 17.6 Å². The van der Waals surface area contributed by atoms with E-state index in [2.05, 4.69) is 25.0 Å². The zero-order chi connectivity index (χ0) is 25.9. The molecule has 0 amide bonds. The molecule has 9 nitrogen and oxygen atoms in total. The molecule has 0 N–H and O–H groups in total. The van der Waals surface area contributed by atoms with Gasteiger partial charge in [0.2, 0.25) is 5.88 Å². The quantitative estimate of drug-likeness (QED) is 0.308. The average Bonchev–Trinajstić information content (AvgIpc) is 3.43. The Balaban J connectivity index is 1.38. The zero-order valence-corrected chi connectivity index (χ0v) is 19.6. The second-order valence-electron chi connectivity index (χ2n) is 8.76. The number of alkyl halides is 3. The van der Waals surface area contributed by atoms with Crippen LogP contribution in [0.1, 0.15) is 29.5 Å². The Morgan fingerprint density at radius 2 is 1.89 bits per heavy atom. The molecule has 0 aliphatic heterocycles. The molecule has 5 aromatic heterocycles. The Morgan fingerprint density at radius 3 is 2.65 bits per heavy atom. The van der Waals surface area contributed by atoms with E-state index in [4.69, 9.17) is 9.47 Å². The largest absolute Gasteiger partial charge is 0.480 e. The highest BCUT2D eigenvalue weighted by Gasteiger charge is 2.43. The summed E-state index contributed by atoms with van der Waals surface area (Å²) in [6.07, 6.45) is 3.29. The van der Waals surface area contributed by atoms with Crippen LogP contribution in [0, 0.1) is 5.82 Å². The maximum absolute atomic E-state index is 14.3. The lowest BCUT2D eigenvalue weighted by atomic mass is 10.1. The highest BCUT2D eigenvalue weighted by molar-refractivity contribution is 5.80. The molecule has 0 unspecified atom stereocenters. The minimum absolute atomic E-state index is 0.0161. The normalized spacial score (nSPS) is 17.5. The molecule has 37 heavy (non-hydrogen) atoms. The van der Waals surface area contributed by atoms with E-state index in [1.54, 1.807) is 29.2 Å². The van der Waals surface area contributed by atoms with Gasteiger partial charge in [-0.3, -0.25) is 4.98 Å². The fourth-order valence-corrected chi connectivity index (χ4v) is 4.68.